The molecule has 0 radical (unpaired) electrons. The topological polar surface area (TPSA) is 0 Å². The van der Waals surface area contributed by atoms with Crippen molar-refractivity contribution in [1.29, 1.82) is 0 Å². The van der Waals surface area contributed by atoms with Gasteiger partial charge in [-0.25, -0.2) is 0 Å². The Bertz CT molecular complexity index is 263. The van der Waals surface area contributed by atoms with Crippen molar-refractivity contribution in [2.75, 3.05) is 0 Å². The van der Waals surface area contributed by atoms with Gasteiger partial charge in [0.2, 0.25) is 0 Å². The zero-order valence-corrected chi connectivity index (χ0v) is 10.4. The van der Waals surface area contributed by atoms with E-state index in [1.165, 1.54) is 15.3 Å². The molecule has 1 rings (SSSR count). The number of aryl methyl sites for hydroxylation is 2. The highest BCUT2D eigenvalue weighted by Crippen LogP contribution is 2.36. The van der Waals surface area contributed by atoms with Crippen molar-refractivity contribution in [2.45, 2.75) is 32.5 Å². The van der Waals surface area contributed by atoms with E-state index in [0.717, 1.165) is 0 Å². The minimum Gasteiger partial charge on any atom is -0.146 e. The van der Waals surface area contributed by atoms with Crippen LogP contribution >= 0.6 is 27.3 Å². The van der Waals surface area contributed by atoms with E-state index in [1.54, 1.807) is 0 Å². The van der Waals surface area contributed by atoms with Gasteiger partial charge in [0.1, 0.15) is 0 Å². The molecule has 0 saturated heterocycles. The van der Waals surface area contributed by atoms with Crippen molar-refractivity contribution in [3.8, 4) is 0 Å². The lowest BCUT2D eigenvalue weighted by molar-refractivity contribution is 0.640. The third-order valence-electron chi connectivity index (χ3n) is 1.96. The van der Waals surface area contributed by atoms with E-state index in [1.807, 2.05) is 11.3 Å². The summed E-state index contributed by atoms with van der Waals surface area (Å²) in [6.07, 6.45) is 0. The maximum atomic E-state index is 3.72. The number of hydrogen-bond acceptors (Lipinski definition) is 1. The number of halogens is 1. The zero-order chi connectivity index (χ0) is 9.30. The molecule has 1 aromatic heterocycles. The maximum Gasteiger partial charge on any atom is 0.0429 e. The molecule has 1 unspecified atom stereocenters. The highest BCUT2D eigenvalue weighted by Gasteiger charge is 2.15. The summed E-state index contributed by atoms with van der Waals surface area (Å²) >= 11 is 5.61. The van der Waals surface area contributed by atoms with Gasteiger partial charge in [-0.05, 0) is 31.4 Å². The summed E-state index contributed by atoms with van der Waals surface area (Å²) in [5, 5.41) is 0. The molecule has 0 saturated carbocycles. The third kappa shape index (κ3) is 2.11. The maximum absolute atomic E-state index is 3.72. The van der Waals surface area contributed by atoms with Crippen molar-refractivity contribution in [3.63, 3.8) is 0 Å². The monoisotopic (exact) mass is 246 g/mol. The average molecular weight is 247 g/mol. The minimum absolute atomic E-state index is 0.516. The summed E-state index contributed by atoms with van der Waals surface area (Å²) in [6, 6.07) is 2.29. The van der Waals surface area contributed by atoms with Gasteiger partial charge in [-0.15, -0.1) is 11.3 Å². The van der Waals surface area contributed by atoms with Crippen molar-refractivity contribution in [1.82, 2.24) is 0 Å². The average Bonchev–Trinajstić information content (AvgIpc) is 2.28. The summed E-state index contributed by atoms with van der Waals surface area (Å²) in [4.78, 5) is 3.37. The fourth-order valence-electron chi connectivity index (χ4n) is 1.28. The van der Waals surface area contributed by atoms with Crippen LogP contribution in [0.3, 0.4) is 0 Å². The predicted molar refractivity (Wildman–Crippen MR) is 60.3 cm³/mol. The van der Waals surface area contributed by atoms with Crippen LogP contribution in [-0.2, 0) is 0 Å². The van der Waals surface area contributed by atoms with Crippen LogP contribution in [0.4, 0.5) is 0 Å². The van der Waals surface area contributed by atoms with Crippen LogP contribution in [0.5, 0.6) is 0 Å². The lowest BCUT2D eigenvalue weighted by Crippen LogP contribution is -1.98. The molecule has 0 aliphatic heterocycles. The highest BCUT2D eigenvalue weighted by atomic mass is 79.9. The standard InChI is InChI=1S/C10H15BrS/c1-6(2)10(11)9-5-7(3)12-8(9)4/h5-6,10H,1-4H3. The lowest BCUT2D eigenvalue weighted by Gasteiger charge is -2.12. The zero-order valence-electron chi connectivity index (χ0n) is 8.02. The van der Waals surface area contributed by atoms with Crippen LogP contribution in [-0.4, -0.2) is 0 Å². The van der Waals surface area contributed by atoms with Gasteiger partial charge in [-0.1, -0.05) is 29.8 Å². The number of hydrogen-bond donors (Lipinski definition) is 0. The van der Waals surface area contributed by atoms with Crippen molar-refractivity contribution in [2.24, 2.45) is 5.92 Å². The smallest absolute Gasteiger partial charge is 0.0429 e. The molecular formula is C10H15BrS. The first-order chi connectivity index (χ1) is 5.52. The molecule has 0 N–H and O–H groups in total. The second-order valence-corrected chi connectivity index (χ2v) is 5.96. The Balaban J connectivity index is 2.94. The molecule has 0 nitrogen and oxygen atoms in total. The Kier molecular flexibility index (Phi) is 3.36. The van der Waals surface area contributed by atoms with Gasteiger partial charge in [0.25, 0.3) is 0 Å². The first-order valence-electron chi connectivity index (χ1n) is 4.23. The Hall–Kier alpha value is 0.180. The normalized spacial score (nSPS) is 13.8. The van der Waals surface area contributed by atoms with E-state index in [-0.39, 0.29) is 0 Å². The highest BCUT2D eigenvalue weighted by molar-refractivity contribution is 9.09. The largest absolute Gasteiger partial charge is 0.146 e. The Morgan fingerprint density at radius 3 is 2.25 bits per heavy atom. The molecule has 2 heteroatoms. The molecule has 68 valence electrons. The van der Waals surface area contributed by atoms with Gasteiger partial charge in [0.05, 0.1) is 0 Å². The SMILES string of the molecule is Cc1cc(C(Br)C(C)C)c(C)s1. The molecule has 0 aliphatic carbocycles. The second kappa shape index (κ2) is 3.93. The van der Waals surface area contributed by atoms with Crippen LogP contribution < -0.4 is 0 Å². The Morgan fingerprint density at radius 1 is 1.33 bits per heavy atom. The van der Waals surface area contributed by atoms with Crippen molar-refractivity contribution in [3.05, 3.63) is 21.4 Å². The Morgan fingerprint density at radius 2 is 1.92 bits per heavy atom. The molecular weight excluding hydrogens is 232 g/mol. The van der Waals surface area contributed by atoms with Gasteiger partial charge < -0.3 is 0 Å². The molecule has 0 aromatic carbocycles. The molecule has 0 fully saturated rings. The van der Waals surface area contributed by atoms with Crippen LogP contribution in [0.1, 0.15) is 34.0 Å². The van der Waals surface area contributed by atoms with Gasteiger partial charge in [0, 0.05) is 14.6 Å². The molecule has 1 atom stereocenters. The summed E-state index contributed by atoms with van der Waals surface area (Å²) in [7, 11) is 0. The van der Waals surface area contributed by atoms with E-state index in [0.29, 0.717) is 10.7 Å². The first kappa shape index (κ1) is 10.3. The molecule has 1 aromatic rings. The third-order valence-corrected chi connectivity index (χ3v) is 4.49. The number of rotatable bonds is 2. The molecule has 1 heterocycles. The van der Waals surface area contributed by atoms with E-state index in [2.05, 4.69) is 49.7 Å². The summed E-state index contributed by atoms with van der Waals surface area (Å²) in [5.41, 5.74) is 1.47. The fourth-order valence-corrected chi connectivity index (χ4v) is 2.88. The lowest BCUT2D eigenvalue weighted by atomic mass is 10.0. The van der Waals surface area contributed by atoms with Gasteiger partial charge in [-0.2, -0.15) is 0 Å². The van der Waals surface area contributed by atoms with E-state index >= 15 is 0 Å². The Labute approximate surface area is 87.1 Å². The summed E-state index contributed by atoms with van der Waals surface area (Å²) < 4.78 is 0. The van der Waals surface area contributed by atoms with Crippen molar-refractivity contribution < 1.29 is 0 Å². The van der Waals surface area contributed by atoms with E-state index < -0.39 is 0 Å². The van der Waals surface area contributed by atoms with Gasteiger partial charge in [0.15, 0.2) is 0 Å². The van der Waals surface area contributed by atoms with Crippen LogP contribution in [0.2, 0.25) is 0 Å². The van der Waals surface area contributed by atoms with Crippen LogP contribution in [0.25, 0.3) is 0 Å². The summed E-state index contributed by atoms with van der Waals surface area (Å²) in [5.74, 6) is 0.665. The predicted octanol–water partition coefficient (Wildman–Crippen LogP) is 4.46. The molecule has 0 bridgehead atoms. The summed E-state index contributed by atoms with van der Waals surface area (Å²) in [6.45, 7) is 8.85. The molecule has 0 aliphatic rings. The molecule has 0 spiro atoms. The van der Waals surface area contributed by atoms with E-state index in [4.69, 9.17) is 0 Å². The second-order valence-electron chi connectivity index (χ2n) is 3.51. The first-order valence-corrected chi connectivity index (χ1v) is 5.96. The van der Waals surface area contributed by atoms with Crippen LogP contribution in [0, 0.1) is 19.8 Å². The van der Waals surface area contributed by atoms with Crippen LogP contribution in [0.15, 0.2) is 6.07 Å². The number of thiophene rings is 1. The number of alkyl halides is 1. The van der Waals surface area contributed by atoms with E-state index in [9.17, 15) is 0 Å². The van der Waals surface area contributed by atoms with Gasteiger partial charge >= 0.3 is 0 Å². The molecule has 0 amide bonds. The molecule has 12 heavy (non-hydrogen) atoms. The fraction of sp³-hybridized carbons (Fsp3) is 0.600. The quantitative estimate of drug-likeness (QED) is 0.677. The minimum atomic E-state index is 0.516. The van der Waals surface area contributed by atoms with Crippen molar-refractivity contribution >= 4 is 27.3 Å². The van der Waals surface area contributed by atoms with Gasteiger partial charge in [-0.3, -0.25) is 0 Å².